The summed E-state index contributed by atoms with van der Waals surface area (Å²) in [5.41, 5.74) is 0.285. The molecular weight excluding hydrogens is 294 g/mol. The zero-order valence-electron chi connectivity index (χ0n) is 11.9. The maximum Gasteiger partial charge on any atom is 0.338 e. The monoisotopic (exact) mass is 313 g/mol. The number of hydrogen-bond acceptors (Lipinski definition) is 5. The molecule has 0 atom stereocenters. The van der Waals surface area contributed by atoms with Crippen molar-refractivity contribution in [3.05, 3.63) is 42.5 Å². The summed E-state index contributed by atoms with van der Waals surface area (Å²) in [6.45, 7) is 5.24. The number of nitrogens with zero attached hydrogens (tertiary/aromatic N) is 1. The zero-order chi connectivity index (χ0) is 15.9. The Morgan fingerprint density at radius 2 is 2.00 bits per heavy atom. The molecule has 6 nitrogen and oxygen atoms in total. The lowest BCUT2D eigenvalue weighted by Gasteiger charge is -2.19. The first-order valence-electron chi connectivity index (χ1n) is 6.46. The summed E-state index contributed by atoms with van der Waals surface area (Å²) in [7, 11) is -3.73. The van der Waals surface area contributed by atoms with E-state index in [-0.39, 0.29) is 36.8 Å². The minimum absolute atomic E-state index is 0.0199. The molecule has 0 aromatic heterocycles. The molecule has 0 aliphatic heterocycles. The molecule has 0 fully saturated rings. The van der Waals surface area contributed by atoms with Gasteiger partial charge in [0.05, 0.1) is 23.7 Å². The lowest BCUT2D eigenvalue weighted by molar-refractivity contribution is 0.0526. The lowest BCUT2D eigenvalue weighted by atomic mass is 10.2. The topological polar surface area (TPSA) is 83.9 Å². The van der Waals surface area contributed by atoms with Crippen molar-refractivity contribution >= 4 is 16.0 Å². The molecule has 0 aliphatic rings. The Bertz CT molecular complexity index is 580. The number of rotatable bonds is 8. The zero-order valence-corrected chi connectivity index (χ0v) is 12.7. The first kappa shape index (κ1) is 17.4. The molecule has 116 valence electrons. The third-order valence-electron chi connectivity index (χ3n) is 2.69. The number of esters is 1. The highest BCUT2D eigenvalue weighted by atomic mass is 32.2. The van der Waals surface area contributed by atoms with Crippen LogP contribution in [0.25, 0.3) is 0 Å². The van der Waals surface area contributed by atoms with Gasteiger partial charge in [0.2, 0.25) is 10.0 Å². The van der Waals surface area contributed by atoms with Crippen LogP contribution in [0.4, 0.5) is 0 Å². The van der Waals surface area contributed by atoms with Crippen molar-refractivity contribution in [1.82, 2.24) is 4.31 Å². The molecule has 0 bridgehead atoms. The fourth-order valence-electron chi connectivity index (χ4n) is 1.69. The van der Waals surface area contributed by atoms with E-state index in [0.29, 0.717) is 0 Å². The van der Waals surface area contributed by atoms with Gasteiger partial charge in [-0.3, -0.25) is 0 Å². The van der Waals surface area contributed by atoms with Gasteiger partial charge in [0.1, 0.15) is 0 Å². The van der Waals surface area contributed by atoms with E-state index >= 15 is 0 Å². The van der Waals surface area contributed by atoms with Gasteiger partial charge >= 0.3 is 5.97 Å². The Balaban J connectivity index is 3.03. The molecule has 1 N–H and O–H groups in total. The second-order valence-electron chi connectivity index (χ2n) is 4.12. The molecule has 1 rings (SSSR count). The first-order chi connectivity index (χ1) is 9.97. The number of carbonyl (C=O) groups excluding carboxylic acids is 1. The molecule has 0 saturated heterocycles. The SMILES string of the molecule is C=CCN(CCO)S(=O)(=O)c1ccc(C(=O)OCC)cc1. The second kappa shape index (κ2) is 7.92. The van der Waals surface area contributed by atoms with Crippen molar-refractivity contribution < 1.29 is 23.1 Å². The molecule has 7 heteroatoms. The van der Waals surface area contributed by atoms with Crippen LogP contribution in [0.2, 0.25) is 0 Å². The molecule has 0 spiro atoms. The largest absolute Gasteiger partial charge is 0.462 e. The summed E-state index contributed by atoms with van der Waals surface area (Å²) in [6, 6.07) is 5.48. The van der Waals surface area contributed by atoms with Gasteiger partial charge < -0.3 is 9.84 Å². The van der Waals surface area contributed by atoms with Crippen LogP contribution >= 0.6 is 0 Å². The molecule has 0 heterocycles. The first-order valence-corrected chi connectivity index (χ1v) is 7.90. The normalized spacial score (nSPS) is 11.4. The molecule has 0 saturated carbocycles. The quantitative estimate of drug-likeness (QED) is 0.572. The van der Waals surface area contributed by atoms with E-state index < -0.39 is 16.0 Å². The smallest absolute Gasteiger partial charge is 0.338 e. The molecular formula is C14H19NO5S. The van der Waals surface area contributed by atoms with Gasteiger partial charge in [0.25, 0.3) is 0 Å². The van der Waals surface area contributed by atoms with E-state index in [0.717, 1.165) is 4.31 Å². The molecule has 0 unspecified atom stereocenters. The molecule has 0 amide bonds. The van der Waals surface area contributed by atoms with Gasteiger partial charge in [-0.25, -0.2) is 13.2 Å². The fraction of sp³-hybridized carbons (Fsp3) is 0.357. The standard InChI is InChI=1S/C14H19NO5S/c1-3-9-15(10-11-16)21(18,19)13-7-5-12(6-8-13)14(17)20-4-2/h3,5-8,16H,1,4,9-11H2,2H3. The minimum atomic E-state index is -3.73. The minimum Gasteiger partial charge on any atom is -0.462 e. The third kappa shape index (κ3) is 4.38. The van der Waals surface area contributed by atoms with Crippen molar-refractivity contribution in [1.29, 1.82) is 0 Å². The summed E-state index contributed by atoms with van der Waals surface area (Å²) in [5, 5.41) is 8.95. The van der Waals surface area contributed by atoms with Crippen molar-refractivity contribution in [3.8, 4) is 0 Å². The second-order valence-corrected chi connectivity index (χ2v) is 6.06. The highest BCUT2D eigenvalue weighted by Gasteiger charge is 2.23. The van der Waals surface area contributed by atoms with Crippen molar-refractivity contribution in [2.45, 2.75) is 11.8 Å². The van der Waals surface area contributed by atoms with Gasteiger partial charge in [0, 0.05) is 13.1 Å². The van der Waals surface area contributed by atoms with E-state index in [1.165, 1.54) is 30.3 Å². The highest BCUT2D eigenvalue weighted by molar-refractivity contribution is 7.89. The van der Waals surface area contributed by atoms with Gasteiger partial charge in [0.15, 0.2) is 0 Å². The van der Waals surface area contributed by atoms with Crippen LogP contribution in [0.15, 0.2) is 41.8 Å². The maximum absolute atomic E-state index is 12.4. The van der Waals surface area contributed by atoms with Gasteiger partial charge in [-0.05, 0) is 31.2 Å². The third-order valence-corrected chi connectivity index (χ3v) is 4.56. The number of carbonyl (C=O) groups is 1. The average molecular weight is 313 g/mol. The summed E-state index contributed by atoms with van der Waals surface area (Å²) in [6.07, 6.45) is 1.44. The maximum atomic E-state index is 12.4. The van der Waals surface area contributed by atoms with E-state index in [2.05, 4.69) is 6.58 Å². The van der Waals surface area contributed by atoms with Gasteiger partial charge in [-0.2, -0.15) is 4.31 Å². The molecule has 1 aromatic rings. The summed E-state index contributed by atoms with van der Waals surface area (Å²) >= 11 is 0. The van der Waals surface area contributed by atoms with Crippen LogP contribution < -0.4 is 0 Å². The number of sulfonamides is 1. The van der Waals surface area contributed by atoms with E-state index in [1.54, 1.807) is 6.92 Å². The van der Waals surface area contributed by atoms with Crippen molar-refractivity contribution in [3.63, 3.8) is 0 Å². The molecule has 1 aromatic carbocycles. The van der Waals surface area contributed by atoms with Crippen molar-refractivity contribution in [2.75, 3.05) is 26.3 Å². The number of benzene rings is 1. The Morgan fingerprint density at radius 1 is 1.38 bits per heavy atom. The van der Waals surface area contributed by atoms with Crippen molar-refractivity contribution in [2.24, 2.45) is 0 Å². The van der Waals surface area contributed by atoms with E-state index in [9.17, 15) is 13.2 Å². The number of aliphatic hydroxyl groups excluding tert-OH is 1. The Hall–Kier alpha value is -1.70. The lowest BCUT2D eigenvalue weighted by Crippen LogP contribution is -2.33. The van der Waals surface area contributed by atoms with Crippen LogP contribution in [-0.4, -0.2) is 50.1 Å². The average Bonchev–Trinajstić information content (AvgIpc) is 2.47. The van der Waals surface area contributed by atoms with Crippen LogP contribution in [0.3, 0.4) is 0 Å². The fourth-order valence-corrected chi connectivity index (χ4v) is 3.09. The predicted octanol–water partition coefficient (Wildman–Crippen LogP) is 1.03. The van der Waals surface area contributed by atoms with Crippen LogP contribution in [0.1, 0.15) is 17.3 Å². The number of ether oxygens (including phenoxy) is 1. The highest BCUT2D eigenvalue weighted by Crippen LogP contribution is 2.16. The summed E-state index contributed by atoms with van der Waals surface area (Å²) < 4.78 is 30.7. The molecule has 0 radical (unpaired) electrons. The number of hydrogen-bond donors (Lipinski definition) is 1. The Kier molecular flexibility index (Phi) is 6.54. The van der Waals surface area contributed by atoms with E-state index in [1.807, 2.05) is 0 Å². The van der Waals surface area contributed by atoms with Gasteiger partial charge in [-0.15, -0.1) is 6.58 Å². The Labute approximate surface area is 124 Å². The molecule has 0 aliphatic carbocycles. The van der Waals surface area contributed by atoms with Crippen LogP contribution in [0.5, 0.6) is 0 Å². The Morgan fingerprint density at radius 3 is 2.48 bits per heavy atom. The number of aliphatic hydroxyl groups is 1. The van der Waals surface area contributed by atoms with Crippen LogP contribution in [0, 0.1) is 0 Å². The van der Waals surface area contributed by atoms with Gasteiger partial charge in [-0.1, -0.05) is 6.08 Å². The van der Waals surface area contributed by atoms with E-state index in [4.69, 9.17) is 9.84 Å². The summed E-state index contributed by atoms with van der Waals surface area (Å²) in [5.74, 6) is -0.500. The summed E-state index contributed by atoms with van der Waals surface area (Å²) in [4.78, 5) is 11.6. The predicted molar refractivity (Wildman–Crippen MR) is 78.4 cm³/mol. The molecule has 21 heavy (non-hydrogen) atoms. The van der Waals surface area contributed by atoms with Crippen LogP contribution in [-0.2, 0) is 14.8 Å².